The number of benzene rings is 1. The van der Waals surface area contributed by atoms with Gasteiger partial charge in [-0.1, -0.05) is 65.0 Å². The molecule has 1 aromatic heterocycles. The smallest absolute Gasteiger partial charge is 0.246 e. The Balaban J connectivity index is 0.900. The number of nitrogens with one attached hydrogen (secondary N) is 4. The highest BCUT2D eigenvalue weighted by Crippen LogP contribution is 2.65. The van der Waals surface area contributed by atoms with E-state index in [-0.39, 0.29) is 73.2 Å². The fraction of sp³-hybridized carbons (Fsp3) is 0.660. The van der Waals surface area contributed by atoms with Crippen LogP contribution in [-0.2, 0) is 35.3 Å². The zero-order chi connectivity index (χ0) is 44.1. The average molecular weight is 859 g/mol. The lowest BCUT2D eigenvalue weighted by Gasteiger charge is -2.58. The van der Waals surface area contributed by atoms with Crippen LogP contribution in [0.4, 0.5) is 0 Å². The van der Waals surface area contributed by atoms with Crippen LogP contribution in [0.1, 0.15) is 105 Å². The van der Waals surface area contributed by atoms with Crippen LogP contribution in [-0.4, -0.2) is 94.1 Å². The SMILES string of the molecule is Cc1ncsc1-c1ccc(CNC(=O)[C@@H]2C[C@@H](O)CN2C(=O)[C@@H](NC(=O)COCC(C)(C)NC(=O)[C@H]2CC[C@H]3[C@@H]4CC[C@H]5NC(=O)C=C[C@]5(C)[C@H]4CC[C@]23C)C(C)(C)C)cc1. The van der Waals surface area contributed by atoms with E-state index >= 15 is 0 Å². The van der Waals surface area contributed by atoms with Crippen molar-refractivity contribution in [3.63, 3.8) is 0 Å². The van der Waals surface area contributed by atoms with Crippen LogP contribution in [0, 0.1) is 46.8 Å². The molecule has 0 bridgehead atoms. The van der Waals surface area contributed by atoms with Gasteiger partial charge in [-0.25, -0.2) is 4.98 Å². The third-order valence-corrected chi connectivity index (χ3v) is 15.8. The first-order chi connectivity index (χ1) is 28.7. The Morgan fingerprint density at radius 2 is 1.75 bits per heavy atom. The van der Waals surface area contributed by atoms with Gasteiger partial charge >= 0.3 is 0 Å². The van der Waals surface area contributed by atoms with E-state index < -0.39 is 41.0 Å². The second-order valence-electron chi connectivity index (χ2n) is 20.7. The molecule has 1 aromatic carbocycles. The first kappa shape index (κ1) is 44.9. The minimum atomic E-state index is -0.990. The van der Waals surface area contributed by atoms with Crippen LogP contribution < -0.4 is 21.3 Å². The van der Waals surface area contributed by atoms with E-state index in [0.29, 0.717) is 17.8 Å². The maximum absolute atomic E-state index is 14.1. The molecule has 5 aliphatic rings. The minimum Gasteiger partial charge on any atom is -0.391 e. The standard InChI is InChI=1S/C47H66N6O7S/c1-27-39(61-26-49-27)29-11-9-28(10-12-29)22-48-42(58)35-21-30(54)23-53(35)43(59)40(44(2,3)4)51-38(56)24-60-25-45(5,6)52-41(57)34-15-14-32-31-13-16-36-47(8,20-18-37(55)50-36)33(31)17-19-46(32,34)7/h9-12,18,20,26,30-36,40,54H,13-17,19,21-25H2,1-8H3,(H,48,58)(H,50,55)(H,51,56)(H,52,57)/t30-,31+,32+,33+,34-,35+,36-,40-,46+,47-/m1/s1. The number of hydrogen-bond donors (Lipinski definition) is 5. The van der Waals surface area contributed by atoms with Crippen molar-refractivity contribution in [2.24, 2.45) is 39.9 Å². The highest BCUT2D eigenvalue weighted by molar-refractivity contribution is 7.13. The lowest BCUT2D eigenvalue weighted by atomic mass is 9.48. The number of ether oxygens (including phenoxy) is 1. The highest BCUT2D eigenvalue weighted by atomic mass is 32.1. The Kier molecular flexibility index (Phi) is 12.7. The molecule has 7 rings (SSSR count). The molecular formula is C47H66N6O7S. The number of aliphatic hydroxyl groups is 1. The summed E-state index contributed by atoms with van der Waals surface area (Å²) in [5.74, 6) is 0.0400. The third kappa shape index (κ3) is 9.18. The van der Waals surface area contributed by atoms with Crippen LogP contribution in [0.3, 0.4) is 0 Å². The van der Waals surface area contributed by atoms with Crippen molar-refractivity contribution in [1.29, 1.82) is 0 Å². The summed E-state index contributed by atoms with van der Waals surface area (Å²) in [5, 5.41) is 22.9. The number of carbonyl (C=O) groups excluding carboxylic acids is 5. The van der Waals surface area contributed by atoms with Crippen molar-refractivity contribution in [2.75, 3.05) is 19.8 Å². The predicted molar refractivity (Wildman–Crippen MR) is 234 cm³/mol. The number of rotatable bonds is 12. The summed E-state index contributed by atoms with van der Waals surface area (Å²) in [6.45, 7) is 15.9. The number of amides is 5. The number of carbonyl (C=O) groups is 5. The van der Waals surface area contributed by atoms with Crippen LogP contribution >= 0.6 is 11.3 Å². The minimum absolute atomic E-state index is 0.00303. The van der Waals surface area contributed by atoms with E-state index in [1.807, 2.05) is 71.3 Å². The number of β-amino-alcohol motifs (C(OH)–C–C–N with tert-alkyl or cyclic N) is 1. The Morgan fingerprint density at radius 1 is 1.02 bits per heavy atom. The topological polar surface area (TPSA) is 179 Å². The van der Waals surface area contributed by atoms with Crippen LogP contribution in [0.5, 0.6) is 0 Å². The zero-order valence-corrected chi connectivity index (χ0v) is 38.0. The number of thiazole rings is 1. The Hall–Kier alpha value is -4.14. The first-order valence-electron chi connectivity index (χ1n) is 22.1. The fourth-order valence-electron chi connectivity index (χ4n) is 11.6. The quantitative estimate of drug-likeness (QED) is 0.197. The van der Waals surface area contributed by atoms with Gasteiger partial charge in [-0.2, -0.15) is 0 Å². The molecule has 0 radical (unpaired) electrons. The van der Waals surface area contributed by atoms with Gasteiger partial charge in [0.05, 0.1) is 34.3 Å². The normalized spacial score (nSPS) is 31.3. The van der Waals surface area contributed by atoms with Gasteiger partial charge in [0.15, 0.2) is 0 Å². The molecule has 3 heterocycles. The van der Waals surface area contributed by atoms with Crippen LogP contribution in [0.25, 0.3) is 10.4 Å². The summed E-state index contributed by atoms with van der Waals surface area (Å²) in [7, 11) is 0. The lowest BCUT2D eigenvalue weighted by molar-refractivity contribution is -0.144. The average Bonchev–Trinajstić information content (AvgIpc) is 3.91. The molecule has 0 spiro atoms. The molecule has 3 saturated carbocycles. The van der Waals surface area contributed by atoms with E-state index in [1.165, 1.54) is 4.90 Å². The molecule has 5 N–H and O–H groups in total. The van der Waals surface area contributed by atoms with Crippen molar-refractivity contribution in [1.82, 2.24) is 31.2 Å². The molecule has 1 saturated heterocycles. The molecular weight excluding hydrogens is 793 g/mol. The molecule has 3 aliphatic carbocycles. The summed E-state index contributed by atoms with van der Waals surface area (Å²) in [4.78, 5) is 74.0. The number of fused-ring (bicyclic) bond motifs is 5. The first-order valence-corrected chi connectivity index (χ1v) is 23.0. The lowest BCUT2D eigenvalue weighted by Crippen LogP contribution is -2.60. The molecule has 10 atom stereocenters. The number of aliphatic hydroxyl groups excluding tert-OH is 1. The van der Waals surface area contributed by atoms with Gasteiger partial charge in [0.2, 0.25) is 29.5 Å². The molecule has 61 heavy (non-hydrogen) atoms. The summed E-state index contributed by atoms with van der Waals surface area (Å²) in [6, 6.07) is 6.17. The monoisotopic (exact) mass is 858 g/mol. The molecule has 332 valence electrons. The Morgan fingerprint density at radius 3 is 2.44 bits per heavy atom. The summed E-state index contributed by atoms with van der Waals surface area (Å²) in [6.07, 6.45) is 8.96. The number of aryl methyl sites for hydroxylation is 1. The third-order valence-electron chi connectivity index (χ3n) is 14.9. The second kappa shape index (κ2) is 17.2. The number of likely N-dealkylation sites (tertiary alicyclic amines) is 1. The van der Waals surface area contributed by atoms with Crippen molar-refractivity contribution in [2.45, 2.75) is 137 Å². The predicted octanol–water partition coefficient (Wildman–Crippen LogP) is 5.05. The summed E-state index contributed by atoms with van der Waals surface area (Å²) in [5.41, 5.74) is 3.08. The molecule has 2 aromatic rings. The largest absolute Gasteiger partial charge is 0.391 e. The zero-order valence-electron chi connectivity index (χ0n) is 37.1. The van der Waals surface area contributed by atoms with Gasteiger partial charge < -0.3 is 36.0 Å². The van der Waals surface area contributed by atoms with Crippen molar-refractivity contribution >= 4 is 40.9 Å². The molecule has 0 unspecified atom stereocenters. The molecule has 2 aliphatic heterocycles. The molecule has 5 amide bonds. The van der Waals surface area contributed by atoms with Gasteiger partial charge in [-0.3, -0.25) is 24.0 Å². The molecule has 13 nitrogen and oxygen atoms in total. The highest BCUT2D eigenvalue weighted by Gasteiger charge is 2.61. The second-order valence-corrected chi connectivity index (χ2v) is 21.6. The van der Waals surface area contributed by atoms with E-state index in [0.717, 1.165) is 60.2 Å². The Labute approximate surface area is 364 Å². The van der Waals surface area contributed by atoms with Gasteiger partial charge in [0.1, 0.15) is 18.7 Å². The van der Waals surface area contributed by atoms with Crippen LogP contribution in [0.15, 0.2) is 41.9 Å². The number of hydrogen-bond acceptors (Lipinski definition) is 9. The molecule has 14 heteroatoms. The van der Waals surface area contributed by atoms with Crippen molar-refractivity contribution in [3.05, 3.63) is 53.2 Å². The number of aromatic nitrogens is 1. The van der Waals surface area contributed by atoms with E-state index in [9.17, 15) is 29.1 Å². The van der Waals surface area contributed by atoms with E-state index in [2.05, 4.69) is 46.2 Å². The van der Waals surface area contributed by atoms with E-state index in [4.69, 9.17) is 4.74 Å². The van der Waals surface area contributed by atoms with Gasteiger partial charge in [-0.05, 0) is 105 Å². The number of nitrogens with zero attached hydrogens (tertiary/aromatic N) is 2. The summed E-state index contributed by atoms with van der Waals surface area (Å²) < 4.78 is 5.90. The van der Waals surface area contributed by atoms with Crippen molar-refractivity contribution in [3.8, 4) is 10.4 Å². The van der Waals surface area contributed by atoms with Crippen LogP contribution in [0.2, 0.25) is 0 Å². The van der Waals surface area contributed by atoms with Gasteiger partial charge in [0, 0.05) is 36.9 Å². The Bertz CT molecular complexity index is 2030. The fourth-order valence-corrected chi connectivity index (χ4v) is 12.4. The van der Waals surface area contributed by atoms with Gasteiger partial charge in [0.25, 0.3) is 0 Å². The van der Waals surface area contributed by atoms with Crippen molar-refractivity contribution < 1.29 is 33.8 Å². The van der Waals surface area contributed by atoms with Gasteiger partial charge in [-0.15, -0.1) is 11.3 Å². The summed E-state index contributed by atoms with van der Waals surface area (Å²) >= 11 is 1.57. The van der Waals surface area contributed by atoms with E-state index in [1.54, 1.807) is 17.4 Å². The molecule has 4 fully saturated rings. The maximum Gasteiger partial charge on any atom is 0.246 e. The maximum atomic E-state index is 14.1.